The fraction of sp³-hybridized carbons (Fsp3) is 0.867. The smallest absolute Gasteiger partial charge is 0.326 e. The fourth-order valence-corrected chi connectivity index (χ4v) is 2.80. The lowest BCUT2D eigenvalue weighted by molar-refractivity contribution is -0.143. The van der Waals surface area contributed by atoms with E-state index in [2.05, 4.69) is 31.0 Å². The van der Waals surface area contributed by atoms with Crippen molar-refractivity contribution in [1.29, 1.82) is 0 Å². The summed E-state index contributed by atoms with van der Waals surface area (Å²) < 4.78 is 0. The first-order valence-corrected chi connectivity index (χ1v) is 7.43. The highest BCUT2D eigenvalue weighted by molar-refractivity contribution is 5.87. The number of nitrogens with one attached hydrogen (secondary N) is 1. The first kappa shape index (κ1) is 17.0. The van der Waals surface area contributed by atoms with Crippen LogP contribution in [0.4, 0.5) is 0 Å². The summed E-state index contributed by atoms with van der Waals surface area (Å²) in [5.74, 6) is -0.864. The number of rotatable bonds is 5. The van der Waals surface area contributed by atoms with Crippen LogP contribution in [0.3, 0.4) is 0 Å². The van der Waals surface area contributed by atoms with Crippen molar-refractivity contribution in [2.75, 3.05) is 6.54 Å². The number of hydrogen-bond acceptors (Lipinski definition) is 3. The monoisotopic (exact) mass is 284 g/mol. The summed E-state index contributed by atoms with van der Waals surface area (Å²) in [6.07, 6.45) is 2.25. The summed E-state index contributed by atoms with van der Waals surface area (Å²) >= 11 is 0. The quantitative estimate of drug-likeness (QED) is 0.808. The van der Waals surface area contributed by atoms with Gasteiger partial charge in [0.2, 0.25) is 5.91 Å². The topological polar surface area (TPSA) is 69.6 Å². The van der Waals surface area contributed by atoms with Crippen molar-refractivity contribution in [3.8, 4) is 0 Å². The second-order valence-corrected chi connectivity index (χ2v) is 7.05. The van der Waals surface area contributed by atoms with Gasteiger partial charge in [0, 0.05) is 5.54 Å². The molecule has 20 heavy (non-hydrogen) atoms. The van der Waals surface area contributed by atoms with Crippen LogP contribution in [0.15, 0.2) is 0 Å². The lowest BCUT2D eigenvalue weighted by atomic mass is 10.0. The molecule has 1 heterocycles. The van der Waals surface area contributed by atoms with Gasteiger partial charge in [-0.3, -0.25) is 9.69 Å². The molecule has 1 aliphatic heterocycles. The number of carbonyl (C=O) groups is 2. The predicted molar refractivity (Wildman–Crippen MR) is 78.5 cm³/mol. The summed E-state index contributed by atoms with van der Waals surface area (Å²) in [5, 5.41) is 11.9. The van der Waals surface area contributed by atoms with Crippen LogP contribution >= 0.6 is 0 Å². The van der Waals surface area contributed by atoms with E-state index >= 15 is 0 Å². The highest BCUT2D eigenvalue weighted by atomic mass is 16.4. The van der Waals surface area contributed by atoms with Gasteiger partial charge in [0.05, 0.1) is 6.04 Å². The van der Waals surface area contributed by atoms with Gasteiger partial charge in [-0.05, 0) is 52.5 Å². The molecule has 5 nitrogen and oxygen atoms in total. The van der Waals surface area contributed by atoms with E-state index in [1.165, 1.54) is 0 Å². The van der Waals surface area contributed by atoms with Crippen molar-refractivity contribution in [2.24, 2.45) is 5.92 Å². The lowest BCUT2D eigenvalue weighted by Crippen LogP contribution is -2.54. The zero-order chi connectivity index (χ0) is 15.5. The molecule has 116 valence electrons. The third-order valence-corrected chi connectivity index (χ3v) is 3.74. The number of carbonyl (C=O) groups excluding carboxylic acids is 1. The molecule has 1 saturated heterocycles. The Kier molecular flexibility index (Phi) is 5.57. The molecule has 2 atom stereocenters. The summed E-state index contributed by atoms with van der Waals surface area (Å²) in [6.45, 7) is 11.1. The van der Waals surface area contributed by atoms with Crippen LogP contribution in [0.25, 0.3) is 0 Å². The zero-order valence-corrected chi connectivity index (χ0v) is 13.3. The van der Waals surface area contributed by atoms with Gasteiger partial charge in [-0.1, -0.05) is 13.8 Å². The van der Waals surface area contributed by atoms with E-state index in [9.17, 15) is 14.7 Å². The van der Waals surface area contributed by atoms with E-state index in [1.54, 1.807) is 0 Å². The molecule has 1 amide bonds. The first-order valence-electron chi connectivity index (χ1n) is 7.43. The lowest BCUT2D eigenvalue weighted by Gasteiger charge is -2.36. The van der Waals surface area contributed by atoms with Gasteiger partial charge >= 0.3 is 5.97 Å². The summed E-state index contributed by atoms with van der Waals surface area (Å²) in [7, 11) is 0. The van der Waals surface area contributed by atoms with Gasteiger partial charge in [0.25, 0.3) is 0 Å². The molecule has 0 aliphatic carbocycles. The van der Waals surface area contributed by atoms with Crippen molar-refractivity contribution >= 4 is 11.9 Å². The van der Waals surface area contributed by atoms with Gasteiger partial charge in [0.15, 0.2) is 0 Å². The number of nitrogens with zero attached hydrogens (tertiary/aromatic N) is 1. The van der Waals surface area contributed by atoms with Crippen LogP contribution in [-0.4, -0.2) is 46.1 Å². The van der Waals surface area contributed by atoms with Gasteiger partial charge < -0.3 is 10.4 Å². The average Bonchev–Trinajstić information content (AvgIpc) is 2.75. The van der Waals surface area contributed by atoms with Crippen LogP contribution in [-0.2, 0) is 9.59 Å². The molecule has 1 unspecified atom stereocenters. The Morgan fingerprint density at radius 3 is 2.40 bits per heavy atom. The average molecular weight is 284 g/mol. The highest BCUT2D eigenvalue weighted by Gasteiger charge is 2.38. The van der Waals surface area contributed by atoms with E-state index in [4.69, 9.17) is 0 Å². The van der Waals surface area contributed by atoms with Crippen LogP contribution in [0.2, 0.25) is 0 Å². The Morgan fingerprint density at radius 1 is 1.35 bits per heavy atom. The third-order valence-electron chi connectivity index (χ3n) is 3.74. The highest BCUT2D eigenvalue weighted by Crippen LogP contribution is 2.26. The van der Waals surface area contributed by atoms with Crippen LogP contribution in [0.1, 0.15) is 53.9 Å². The maximum atomic E-state index is 12.4. The number of carboxylic acids is 1. The Morgan fingerprint density at radius 2 is 1.95 bits per heavy atom. The molecule has 2 N–H and O–H groups in total. The molecule has 1 rings (SSSR count). The minimum Gasteiger partial charge on any atom is -0.480 e. The summed E-state index contributed by atoms with van der Waals surface area (Å²) in [4.78, 5) is 25.8. The second-order valence-electron chi connectivity index (χ2n) is 7.05. The molecule has 1 aliphatic rings. The van der Waals surface area contributed by atoms with Gasteiger partial charge in [-0.25, -0.2) is 4.79 Å². The predicted octanol–water partition coefficient (Wildman–Crippen LogP) is 1.86. The van der Waals surface area contributed by atoms with Crippen molar-refractivity contribution in [3.05, 3.63) is 0 Å². The fourth-order valence-electron chi connectivity index (χ4n) is 2.80. The first-order chi connectivity index (χ1) is 9.12. The van der Waals surface area contributed by atoms with Gasteiger partial charge in [-0.15, -0.1) is 0 Å². The van der Waals surface area contributed by atoms with E-state index in [1.807, 2.05) is 13.8 Å². The van der Waals surface area contributed by atoms with Gasteiger partial charge in [0.1, 0.15) is 6.04 Å². The summed E-state index contributed by atoms with van der Waals surface area (Å²) in [6, 6.07) is -0.992. The molecule has 0 radical (unpaired) electrons. The Balaban J connectivity index is 2.71. The standard InChI is InChI=1S/C15H28N2O3/c1-10(2)9-11(14(19)20)16-13(18)12-7-6-8-17(12)15(3,4)5/h10-12H,6-9H2,1-5H3,(H,16,18)(H,19,20)/t11?,12-/m0/s1. The number of aliphatic carboxylic acids is 1. The largest absolute Gasteiger partial charge is 0.480 e. The number of likely N-dealkylation sites (tertiary alicyclic amines) is 1. The molecule has 0 aromatic carbocycles. The van der Waals surface area contributed by atoms with Crippen LogP contribution in [0.5, 0.6) is 0 Å². The van der Waals surface area contributed by atoms with Crippen LogP contribution < -0.4 is 5.32 Å². The summed E-state index contributed by atoms with van der Waals surface area (Å²) in [5.41, 5.74) is -0.0741. The SMILES string of the molecule is CC(C)CC(NC(=O)[C@@H]1CCCN1C(C)(C)C)C(=O)O. The molecule has 0 saturated carbocycles. The molecule has 1 fully saturated rings. The van der Waals surface area contributed by atoms with E-state index in [-0.39, 0.29) is 23.4 Å². The van der Waals surface area contributed by atoms with E-state index in [0.29, 0.717) is 6.42 Å². The third kappa shape index (κ3) is 4.47. The van der Waals surface area contributed by atoms with Crippen molar-refractivity contribution < 1.29 is 14.7 Å². The Hall–Kier alpha value is -1.10. The number of carboxylic acid groups (broad SMARTS) is 1. The van der Waals surface area contributed by atoms with Crippen molar-refractivity contribution in [3.63, 3.8) is 0 Å². The van der Waals surface area contributed by atoms with Crippen molar-refractivity contribution in [1.82, 2.24) is 10.2 Å². The Bertz CT molecular complexity index is 361. The van der Waals surface area contributed by atoms with Crippen molar-refractivity contribution in [2.45, 2.75) is 71.5 Å². The molecule has 5 heteroatoms. The molecular formula is C15H28N2O3. The Labute approximate surface area is 121 Å². The maximum absolute atomic E-state index is 12.4. The minimum absolute atomic E-state index is 0.0741. The second kappa shape index (κ2) is 6.57. The number of amides is 1. The molecule has 0 bridgehead atoms. The molecule has 0 aromatic rings. The minimum atomic E-state index is -0.952. The maximum Gasteiger partial charge on any atom is 0.326 e. The van der Waals surface area contributed by atoms with Crippen LogP contribution in [0, 0.1) is 5.92 Å². The van der Waals surface area contributed by atoms with E-state index in [0.717, 1.165) is 19.4 Å². The zero-order valence-electron chi connectivity index (χ0n) is 13.3. The van der Waals surface area contributed by atoms with Gasteiger partial charge in [-0.2, -0.15) is 0 Å². The molecular weight excluding hydrogens is 256 g/mol. The molecule has 0 spiro atoms. The number of hydrogen-bond donors (Lipinski definition) is 2. The molecule has 0 aromatic heterocycles. The normalized spacial score (nSPS) is 22.0. The van der Waals surface area contributed by atoms with E-state index < -0.39 is 12.0 Å².